The van der Waals surface area contributed by atoms with E-state index in [0.717, 1.165) is 38.0 Å². The number of aryl methyl sites for hydroxylation is 1. The van der Waals surface area contributed by atoms with Gasteiger partial charge in [-0.3, -0.25) is 9.69 Å². The lowest BCUT2D eigenvalue weighted by Gasteiger charge is -2.31. The number of nitrogens with one attached hydrogen (secondary N) is 1. The summed E-state index contributed by atoms with van der Waals surface area (Å²) in [5.41, 5.74) is 3.47. The molecule has 1 aliphatic rings. The first-order valence-electron chi connectivity index (χ1n) is 9.01. The van der Waals surface area contributed by atoms with Gasteiger partial charge < -0.3 is 5.32 Å². The molecule has 26 heavy (non-hydrogen) atoms. The SMILES string of the molecule is Cc1ccccc1CNC(=O)C1CCN(Cc2ccc(Cl)cc2Cl)CC1. The highest BCUT2D eigenvalue weighted by Crippen LogP contribution is 2.25. The average Bonchev–Trinajstić information content (AvgIpc) is 2.64. The molecule has 0 bridgehead atoms. The van der Waals surface area contributed by atoms with Gasteiger partial charge in [-0.05, 0) is 61.7 Å². The Labute approximate surface area is 165 Å². The number of rotatable bonds is 5. The summed E-state index contributed by atoms with van der Waals surface area (Å²) in [5.74, 6) is 0.258. The topological polar surface area (TPSA) is 32.3 Å². The third-order valence-electron chi connectivity index (χ3n) is 5.08. The summed E-state index contributed by atoms with van der Waals surface area (Å²) in [6, 6.07) is 13.8. The second kappa shape index (κ2) is 8.90. The van der Waals surface area contributed by atoms with Crippen LogP contribution >= 0.6 is 23.2 Å². The number of benzene rings is 2. The minimum atomic E-state index is 0.0935. The Balaban J connectivity index is 1.47. The minimum absolute atomic E-state index is 0.0935. The van der Waals surface area contributed by atoms with E-state index in [9.17, 15) is 4.79 Å². The molecule has 0 unspecified atom stereocenters. The normalized spacial score (nSPS) is 15.8. The molecule has 3 nitrogen and oxygen atoms in total. The molecule has 0 aromatic heterocycles. The second-order valence-corrected chi connectivity index (χ2v) is 7.77. The molecule has 138 valence electrons. The standard InChI is InChI=1S/C21H24Cl2N2O/c1-15-4-2-3-5-17(15)13-24-21(26)16-8-10-25(11-9-16)14-18-6-7-19(22)12-20(18)23/h2-7,12,16H,8-11,13-14H2,1H3,(H,24,26). The monoisotopic (exact) mass is 390 g/mol. The Morgan fingerprint density at radius 1 is 1.12 bits per heavy atom. The number of likely N-dealkylation sites (tertiary alicyclic amines) is 1. The molecule has 1 saturated heterocycles. The van der Waals surface area contributed by atoms with Crippen molar-refractivity contribution >= 4 is 29.1 Å². The van der Waals surface area contributed by atoms with E-state index in [1.165, 1.54) is 11.1 Å². The van der Waals surface area contributed by atoms with Crippen molar-refractivity contribution in [2.45, 2.75) is 32.9 Å². The lowest BCUT2D eigenvalue weighted by molar-refractivity contribution is -0.126. The molecule has 0 aliphatic carbocycles. The predicted molar refractivity (Wildman–Crippen MR) is 107 cm³/mol. The van der Waals surface area contributed by atoms with Crippen LogP contribution in [0.3, 0.4) is 0 Å². The molecular weight excluding hydrogens is 367 g/mol. The maximum Gasteiger partial charge on any atom is 0.223 e. The molecule has 0 atom stereocenters. The van der Waals surface area contributed by atoms with Crippen LogP contribution in [0, 0.1) is 12.8 Å². The Kier molecular flexibility index (Phi) is 6.58. The van der Waals surface area contributed by atoms with E-state index < -0.39 is 0 Å². The van der Waals surface area contributed by atoms with E-state index in [1.807, 2.05) is 24.3 Å². The first kappa shape index (κ1) is 19.2. The first-order valence-corrected chi connectivity index (χ1v) is 9.77. The van der Waals surface area contributed by atoms with E-state index in [2.05, 4.69) is 29.3 Å². The first-order chi connectivity index (χ1) is 12.5. The van der Waals surface area contributed by atoms with Crippen molar-refractivity contribution in [3.8, 4) is 0 Å². The Morgan fingerprint density at radius 2 is 1.85 bits per heavy atom. The average molecular weight is 391 g/mol. The largest absolute Gasteiger partial charge is 0.352 e. The molecule has 1 amide bonds. The molecule has 2 aromatic rings. The zero-order valence-corrected chi connectivity index (χ0v) is 16.5. The number of piperidine rings is 1. The molecule has 0 saturated carbocycles. The maximum absolute atomic E-state index is 12.5. The highest BCUT2D eigenvalue weighted by atomic mass is 35.5. The van der Waals surface area contributed by atoms with Crippen molar-refractivity contribution in [2.24, 2.45) is 5.92 Å². The van der Waals surface area contributed by atoms with Gasteiger partial charge in [0.15, 0.2) is 0 Å². The third-order valence-corrected chi connectivity index (χ3v) is 5.67. The maximum atomic E-state index is 12.5. The summed E-state index contributed by atoms with van der Waals surface area (Å²) in [4.78, 5) is 14.8. The highest BCUT2D eigenvalue weighted by molar-refractivity contribution is 6.35. The lowest BCUT2D eigenvalue weighted by Crippen LogP contribution is -2.40. The van der Waals surface area contributed by atoms with Gasteiger partial charge in [0.25, 0.3) is 0 Å². The zero-order chi connectivity index (χ0) is 18.5. The molecule has 1 aliphatic heterocycles. The summed E-state index contributed by atoms with van der Waals surface area (Å²) < 4.78 is 0. The zero-order valence-electron chi connectivity index (χ0n) is 15.0. The third kappa shape index (κ3) is 5.00. The molecule has 1 fully saturated rings. The van der Waals surface area contributed by atoms with Crippen LogP contribution in [-0.2, 0) is 17.9 Å². The Morgan fingerprint density at radius 3 is 2.54 bits per heavy atom. The highest BCUT2D eigenvalue weighted by Gasteiger charge is 2.25. The van der Waals surface area contributed by atoms with Crippen molar-refractivity contribution < 1.29 is 4.79 Å². The fraction of sp³-hybridized carbons (Fsp3) is 0.381. The van der Waals surface area contributed by atoms with Crippen molar-refractivity contribution in [1.29, 1.82) is 0 Å². The van der Waals surface area contributed by atoms with Crippen LogP contribution in [0.15, 0.2) is 42.5 Å². The number of carbonyl (C=O) groups excluding carboxylic acids is 1. The van der Waals surface area contributed by atoms with Crippen LogP contribution in [0.1, 0.15) is 29.5 Å². The molecule has 5 heteroatoms. The van der Waals surface area contributed by atoms with Gasteiger partial charge in [0.2, 0.25) is 5.91 Å². The van der Waals surface area contributed by atoms with Crippen molar-refractivity contribution in [1.82, 2.24) is 10.2 Å². The molecular formula is C21H24Cl2N2O. The van der Waals surface area contributed by atoms with E-state index in [4.69, 9.17) is 23.2 Å². The van der Waals surface area contributed by atoms with Crippen LogP contribution in [0.4, 0.5) is 0 Å². The molecule has 0 spiro atoms. The van der Waals surface area contributed by atoms with Gasteiger partial charge in [-0.25, -0.2) is 0 Å². The van der Waals surface area contributed by atoms with Gasteiger partial charge in [-0.2, -0.15) is 0 Å². The number of carbonyl (C=O) groups is 1. The van der Waals surface area contributed by atoms with Crippen LogP contribution < -0.4 is 5.32 Å². The molecule has 1 N–H and O–H groups in total. The summed E-state index contributed by atoms with van der Waals surface area (Å²) >= 11 is 12.2. The van der Waals surface area contributed by atoms with Crippen LogP contribution in [0.5, 0.6) is 0 Å². The smallest absolute Gasteiger partial charge is 0.223 e. The summed E-state index contributed by atoms with van der Waals surface area (Å²) in [6.07, 6.45) is 1.76. The predicted octanol–water partition coefficient (Wildman–Crippen LogP) is 4.83. The number of amides is 1. The second-order valence-electron chi connectivity index (χ2n) is 6.93. The van der Waals surface area contributed by atoms with E-state index >= 15 is 0 Å². The Bertz CT molecular complexity index is 770. The van der Waals surface area contributed by atoms with Crippen molar-refractivity contribution in [3.05, 3.63) is 69.2 Å². The van der Waals surface area contributed by atoms with Crippen molar-refractivity contribution in [2.75, 3.05) is 13.1 Å². The minimum Gasteiger partial charge on any atom is -0.352 e. The lowest BCUT2D eigenvalue weighted by atomic mass is 9.95. The van der Waals surface area contributed by atoms with Crippen LogP contribution in [-0.4, -0.2) is 23.9 Å². The van der Waals surface area contributed by atoms with E-state index in [1.54, 1.807) is 6.07 Å². The van der Waals surface area contributed by atoms with Gasteiger partial charge in [0.1, 0.15) is 0 Å². The fourth-order valence-electron chi connectivity index (χ4n) is 3.38. The van der Waals surface area contributed by atoms with Crippen LogP contribution in [0.2, 0.25) is 10.0 Å². The summed E-state index contributed by atoms with van der Waals surface area (Å²) in [6.45, 7) is 5.28. The van der Waals surface area contributed by atoms with Gasteiger partial charge >= 0.3 is 0 Å². The Hall–Kier alpha value is -1.55. The number of hydrogen-bond donors (Lipinski definition) is 1. The molecule has 1 heterocycles. The van der Waals surface area contributed by atoms with Gasteiger partial charge in [0.05, 0.1) is 0 Å². The van der Waals surface area contributed by atoms with Gasteiger partial charge in [-0.15, -0.1) is 0 Å². The number of halogens is 2. The number of nitrogens with zero attached hydrogens (tertiary/aromatic N) is 1. The van der Waals surface area contributed by atoms with Crippen LogP contribution in [0.25, 0.3) is 0 Å². The molecule has 3 rings (SSSR count). The van der Waals surface area contributed by atoms with Gasteiger partial charge in [0, 0.05) is 29.1 Å². The van der Waals surface area contributed by atoms with Gasteiger partial charge in [-0.1, -0.05) is 53.5 Å². The summed E-state index contributed by atoms with van der Waals surface area (Å²) in [7, 11) is 0. The van der Waals surface area contributed by atoms with Crippen molar-refractivity contribution in [3.63, 3.8) is 0 Å². The van der Waals surface area contributed by atoms with E-state index in [-0.39, 0.29) is 11.8 Å². The quantitative estimate of drug-likeness (QED) is 0.792. The summed E-state index contributed by atoms with van der Waals surface area (Å²) in [5, 5.41) is 4.46. The van der Waals surface area contributed by atoms with E-state index in [0.29, 0.717) is 16.6 Å². The molecule has 2 aromatic carbocycles. The number of hydrogen-bond acceptors (Lipinski definition) is 2. The molecule has 0 radical (unpaired) electrons. The fourth-order valence-corrected chi connectivity index (χ4v) is 3.85.